The van der Waals surface area contributed by atoms with Gasteiger partial charge in [0.2, 0.25) is 0 Å². The number of hydrogen-bond acceptors (Lipinski definition) is 4. The van der Waals surface area contributed by atoms with Crippen molar-refractivity contribution >= 4 is 10.2 Å². The molecule has 0 bridgehead atoms. The predicted molar refractivity (Wildman–Crippen MR) is 75.5 cm³/mol. The van der Waals surface area contributed by atoms with Crippen molar-refractivity contribution in [3.8, 4) is 0 Å². The molecule has 0 saturated carbocycles. The van der Waals surface area contributed by atoms with Crippen LogP contribution in [0.2, 0.25) is 0 Å². The van der Waals surface area contributed by atoms with Crippen molar-refractivity contribution in [1.82, 2.24) is 18.4 Å². The number of fused-ring (bicyclic) bond motifs is 1. The fourth-order valence-electron chi connectivity index (χ4n) is 2.61. The molecular formula is C12H22N4O3S. The third-order valence-electron chi connectivity index (χ3n) is 3.57. The van der Waals surface area contributed by atoms with Gasteiger partial charge in [0, 0.05) is 58.0 Å². The Bertz CT molecular complexity index is 567. The molecule has 1 aromatic heterocycles. The van der Waals surface area contributed by atoms with Crippen molar-refractivity contribution in [2.45, 2.75) is 25.9 Å². The zero-order chi connectivity index (χ0) is 14.9. The second-order valence-electron chi connectivity index (χ2n) is 5.11. The molecule has 0 amide bonds. The number of aryl methyl sites for hydroxylation is 1. The highest BCUT2D eigenvalue weighted by molar-refractivity contribution is 7.86. The van der Waals surface area contributed by atoms with Crippen molar-refractivity contribution in [2.75, 3.05) is 34.4 Å². The van der Waals surface area contributed by atoms with E-state index in [4.69, 9.17) is 4.74 Å². The molecule has 0 spiro atoms. The lowest BCUT2D eigenvalue weighted by molar-refractivity contribution is 0.157. The molecule has 20 heavy (non-hydrogen) atoms. The molecule has 7 nitrogen and oxygen atoms in total. The van der Waals surface area contributed by atoms with Gasteiger partial charge < -0.3 is 4.74 Å². The Balaban J connectivity index is 2.38. The van der Waals surface area contributed by atoms with Gasteiger partial charge in [0.1, 0.15) is 0 Å². The van der Waals surface area contributed by atoms with Crippen LogP contribution in [-0.2, 0) is 28.0 Å². The fraction of sp³-hybridized carbons (Fsp3) is 0.750. The van der Waals surface area contributed by atoms with E-state index in [-0.39, 0.29) is 5.92 Å². The first kappa shape index (κ1) is 15.4. The SMILES string of the molecule is CCn1ncc2c1[C@@H](COC)CN(S(=O)(=O)N(C)C)C2. The second kappa shape index (κ2) is 5.80. The van der Waals surface area contributed by atoms with E-state index in [2.05, 4.69) is 5.10 Å². The molecule has 1 aliphatic rings. The van der Waals surface area contributed by atoms with E-state index >= 15 is 0 Å². The van der Waals surface area contributed by atoms with E-state index in [0.717, 1.165) is 17.8 Å². The number of ether oxygens (including phenoxy) is 1. The molecule has 1 aromatic rings. The van der Waals surface area contributed by atoms with Crippen LogP contribution in [0, 0.1) is 0 Å². The Morgan fingerprint density at radius 3 is 2.75 bits per heavy atom. The molecule has 0 fully saturated rings. The summed E-state index contributed by atoms with van der Waals surface area (Å²) in [6.45, 7) is 4.08. The molecule has 2 heterocycles. The van der Waals surface area contributed by atoms with Crippen molar-refractivity contribution in [1.29, 1.82) is 0 Å². The zero-order valence-electron chi connectivity index (χ0n) is 12.4. The zero-order valence-corrected chi connectivity index (χ0v) is 13.2. The maximum Gasteiger partial charge on any atom is 0.281 e. The van der Waals surface area contributed by atoms with E-state index in [1.807, 2.05) is 11.6 Å². The number of nitrogens with zero attached hydrogens (tertiary/aromatic N) is 4. The Kier molecular flexibility index (Phi) is 4.48. The minimum Gasteiger partial charge on any atom is -0.384 e. The fourth-order valence-corrected chi connectivity index (χ4v) is 3.74. The van der Waals surface area contributed by atoms with Crippen LogP contribution >= 0.6 is 0 Å². The van der Waals surface area contributed by atoms with Gasteiger partial charge in [-0.1, -0.05) is 0 Å². The maximum absolute atomic E-state index is 12.3. The van der Waals surface area contributed by atoms with E-state index in [1.54, 1.807) is 27.4 Å². The highest BCUT2D eigenvalue weighted by atomic mass is 32.2. The third kappa shape index (κ3) is 2.60. The quantitative estimate of drug-likeness (QED) is 0.782. The minimum absolute atomic E-state index is 0.0147. The van der Waals surface area contributed by atoms with Crippen LogP contribution in [0.5, 0.6) is 0 Å². The van der Waals surface area contributed by atoms with Crippen LogP contribution in [0.4, 0.5) is 0 Å². The van der Waals surface area contributed by atoms with Crippen LogP contribution in [0.1, 0.15) is 24.1 Å². The Labute approximate surface area is 120 Å². The molecule has 114 valence electrons. The van der Waals surface area contributed by atoms with Crippen LogP contribution in [0.25, 0.3) is 0 Å². The van der Waals surface area contributed by atoms with Gasteiger partial charge in [-0.15, -0.1) is 0 Å². The monoisotopic (exact) mass is 302 g/mol. The number of rotatable bonds is 5. The van der Waals surface area contributed by atoms with Gasteiger partial charge in [-0.2, -0.15) is 22.1 Å². The summed E-state index contributed by atoms with van der Waals surface area (Å²) in [7, 11) is 1.31. The van der Waals surface area contributed by atoms with E-state index in [0.29, 0.717) is 19.7 Å². The molecule has 0 aliphatic carbocycles. The first-order chi connectivity index (χ1) is 9.41. The normalized spacial score (nSPS) is 20.4. The third-order valence-corrected chi connectivity index (χ3v) is 5.43. The number of hydrogen-bond donors (Lipinski definition) is 0. The van der Waals surface area contributed by atoms with E-state index in [9.17, 15) is 8.42 Å². The molecule has 1 aliphatic heterocycles. The first-order valence-electron chi connectivity index (χ1n) is 6.62. The summed E-state index contributed by atoms with van der Waals surface area (Å²) in [4.78, 5) is 0. The van der Waals surface area contributed by atoms with Crippen molar-refractivity contribution in [3.05, 3.63) is 17.5 Å². The summed E-state index contributed by atoms with van der Waals surface area (Å²) in [5.41, 5.74) is 2.06. The lowest BCUT2D eigenvalue weighted by Crippen LogP contribution is -2.45. The van der Waals surface area contributed by atoms with Crippen LogP contribution in [-0.4, -0.2) is 61.2 Å². The summed E-state index contributed by atoms with van der Waals surface area (Å²) >= 11 is 0. The summed E-state index contributed by atoms with van der Waals surface area (Å²) in [6, 6.07) is 0. The summed E-state index contributed by atoms with van der Waals surface area (Å²) in [5, 5.41) is 4.34. The Morgan fingerprint density at radius 1 is 1.50 bits per heavy atom. The smallest absolute Gasteiger partial charge is 0.281 e. The molecule has 2 rings (SSSR count). The lowest BCUT2D eigenvalue weighted by Gasteiger charge is -2.33. The lowest BCUT2D eigenvalue weighted by atomic mass is 9.98. The molecule has 8 heteroatoms. The first-order valence-corrected chi connectivity index (χ1v) is 8.02. The average molecular weight is 302 g/mol. The van der Waals surface area contributed by atoms with E-state index < -0.39 is 10.2 Å². The van der Waals surface area contributed by atoms with Crippen molar-refractivity contribution in [2.24, 2.45) is 0 Å². The van der Waals surface area contributed by atoms with Gasteiger partial charge in [0.15, 0.2) is 0 Å². The molecule has 0 radical (unpaired) electrons. The van der Waals surface area contributed by atoms with Gasteiger partial charge in [-0.05, 0) is 6.92 Å². The second-order valence-corrected chi connectivity index (χ2v) is 7.25. The Hall–Kier alpha value is -0.960. The van der Waals surface area contributed by atoms with Crippen molar-refractivity contribution < 1.29 is 13.2 Å². The molecule has 0 unspecified atom stereocenters. The molecule has 1 atom stereocenters. The number of aromatic nitrogens is 2. The maximum atomic E-state index is 12.3. The van der Waals surface area contributed by atoms with Crippen molar-refractivity contribution in [3.63, 3.8) is 0 Å². The largest absolute Gasteiger partial charge is 0.384 e. The number of methoxy groups -OCH3 is 1. The van der Waals surface area contributed by atoms with Crippen LogP contribution in [0.3, 0.4) is 0 Å². The summed E-state index contributed by atoms with van der Waals surface area (Å²) < 4.78 is 34.5. The van der Waals surface area contributed by atoms with Gasteiger partial charge in [-0.25, -0.2) is 0 Å². The highest BCUT2D eigenvalue weighted by Crippen LogP contribution is 2.30. The van der Waals surface area contributed by atoms with Crippen LogP contribution < -0.4 is 0 Å². The Morgan fingerprint density at radius 2 is 2.20 bits per heavy atom. The van der Waals surface area contributed by atoms with E-state index in [1.165, 1.54) is 8.61 Å². The molecule has 0 N–H and O–H groups in total. The molecule has 0 saturated heterocycles. The standard InChI is InChI=1S/C12H22N4O3S/c1-5-16-12-10(6-13-16)7-15(8-11(12)9-19-4)20(17,18)14(2)3/h6,11H,5,7-9H2,1-4H3/t11-/m1/s1. The highest BCUT2D eigenvalue weighted by Gasteiger charge is 2.35. The molecule has 0 aromatic carbocycles. The van der Waals surface area contributed by atoms with Gasteiger partial charge in [0.05, 0.1) is 12.8 Å². The molecular weight excluding hydrogens is 280 g/mol. The minimum atomic E-state index is -3.42. The topological polar surface area (TPSA) is 67.7 Å². The summed E-state index contributed by atoms with van der Waals surface area (Å²) in [5.74, 6) is 0.0147. The average Bonchev–Trinajstić information content (AvgIpc) is 2.82. The van der Waals surface area contributed by atoms with Gasteiger partial charge >= 0.3 is 0 Å². The van der Waals surface area contributed by atoms with Gasteiger partial charge in [0.25, 0.3) is 10.2 Å². The van der Waals surface area contributed by atoms with Crippen LogP contribution in [0.15, 0.2) is 6.20 Å². The summed E-state index contributed by atoms with van der Waals surface area (Å²) in [6.07, 6.45) is 1.76. The van der Waals surface area contributed by atoms with Gasteiger partial charge in [-0.3, -0.25) is 4.68 Å². The predicted octanol–water partition coefficient (Wildman–Crippen LogP) is 0.255.